The van der Waals surface area contributed by atoms with Crippen LogP contribution >= 0.6 is 0 Å². The van der Waals surface area contributed by atoms with Gasteiger partial charge in [0.2, 0.25) is 0 Å². The van der Waals surface area contributed by atoms with Crippen molar-refractivity contribution in [1.82, 2.24) is 4.57 Å². The average Bonchev–Trinajstić information content (AvgIpc) is 2.87. The van der Waals surface area contributed by atoms with Crippen LogP contribution in [0, 0.1) is 6.92 Å². The number of carbonyl (C=O) groups excluding carboxylic acids is 1. The Morgan fingerprint density at radius 3 is 2.11 bits per heavy atom. The zero-order valence-corrected chi connectivity index (χ0v) is 21.0. The molecule has 0 fully saturated rings. The Kier molecular flexibility index (Phi) is 8.47. The molecule has 1 unspecified atom stereocenters. The summed E-state index contributed by atoms with van der Waals surface area (Å²) in [7, 11) is 5.69. The molecule has 0 aliphatic heterocycles. The van der Waals surface area contributed by atoms with E-state index in [4.69, 9.17) is 18.9 Å². The molecule has 36 heavy (non-hydrogen) atoms. The first-order chi connectivity index (χ1) is 17.2. The molecule has 0 aliphatic rings. The van der Waals surface area contributed by atoms with Crippen molar-refractivity contribution in [3.8, 4) is 28.7 Å². The summed E-state index contributed by atoms with van der Waals surface area (Å²) in [4.78, 5) is 26.2. The fourth-order valence-electron chi connectivity index (χ4n) is 4.22. The summed E-state index contributed by atoms with van der Waals surface area (Å²) < 4.78 is 22.8. The van der Waals surface area contributed by atoms with Crippen LogP contribution in [-0.4, -0.2) is 49.2 Å². The minimum atomic E-state index is -0.889. The number of benzene rings is 2. The highest BCUT2D eigenvalue weighted by molar-refractivity contribution is 5.72. The molecule has 3 aromatic rings. The Bertz CT molecular complexity index is 1280. The quantitative estimate of drug-likeness (QED) is 0.409. The molecular weight excluding hydrogens is 466 g/mol. The van der Waals surface area contributed by atoms with Gasteiger partial charge in [-0.05, 0) is 43.2 Å². The molecule has 0 saturated heterocycles. The van der Waals surface area contributed by atoms with Gasteiger partial charge in [0.05, 0.1) is 40.4 Å². The Balaban J connectivity index is 2.16. The molecule has 2 aromatic carbocycles. The molecule has 0 radical (unpaired) electrons. The van der Waals surface area contributed by atoms with Gasteiger partial charge in [-0.25, -0.2) is 0 Å². The maximum Gasteiger partial charge on any atom is 0.306 e. The molecular formula is C27H31NO8. The molecule has 1 atom stereocenters. The Labute approximate surface area is 209 Å². The number of esters is 1. The Hall–Kier alpha value is -4.14. The maximum atomic E-state index is 13.8. The van der Waals surface area contributed by atoms with E-state index in [9.17, 15) is 19.8 Å². The van der Waals surface area contributed by atoms with Crippen LogP contribution in [0.1, 0.15) is 34.7 Å². The summed E-state index contributed by atoms with van der Waals surface area (Å²) >= 11 is 0. The molecule has 0 saturated carbocycles. The van der Waals surface area contributed by atoms with Gasteiger partial charge >= 0.3 is 5.97 Å². The number of methoxy groups -OCH3 is 4. The predicted octanol–water partition coefficient (Wildman–Crippen LogP) is 3.53. The van der Waals surface area contributed by atoms with Gasteiger partial charge in [-0.2, -0.15) is 0 Å². The number of pyridine rings is 1. The second-order valence-corrected chi connectivity index (χ2v) is 8.24. The second-order valence-electron chi connectivity index (χ2n) is 8.24. The molecule has 9 heteroatoms. The number of aromatic nitrogens is 1. The topological polar surface area (TPSA) is 116 Å². The monoisotopic (exact) mass is 497 g/mol. The smallest absolute Gasteiger partial charge is 0.306 e. The summed E-state index contributed by atoms with van der Waals surface area (Å²) in [6, 6.07) is 11.5. The van der Waals surface area contributed by atoms with Gasteiger partial charge in [-0.3, -0.25) is 9.59 Å². The number of phenolic OH excluding ortho intramolecular Hbond substituents is 1. The van der Waals surface area contributed by atoms with Crippen LogP contribution in [0.15, 0.2) is 47.3 Å². The molecule has 0 aliphatic carbocycles. The van der Waals surface area contributed by atoms with Gasteiger partial charge in [0.1, 0.15) is 17.2 Å². The summed E-state index contributed by atoms with van der Waals surface area (Å²) in [5, 5.41) is 20.5. The van der Waals surface area contributed by atoms with Gasteiger partial charge in [-0.15, -0.1) is 0 Å². The molecule has 1 aromatic heterocycles. The lowest BCUT2D eigenvalue weighted by atomic mass is 9.87. The number of ether oxygens (including phenoxy) is 4. The fourth-order valence-corrected chi connectivity index (χ4v) is 4.22. The molecule has 2 N–H and O–H groups in total. The molecule has 0 spiro atoms. The number of carbonyl (C=O) groups is 1. The fraction of sp³-hybridized carbons (Fsp3) is 0.333. The number of aryl methyl sites for hydroxylation is 2. The number of hydrogen-bond donors (Lipinski definition) is 2. The molecule has 0 amide bonds. The summed E-state index contributed by atoms with van der Waals surface area (Å²) in [6.07, 6.45) is 0.304. The van der Waals surface area contributed by atoms with Crippen LogP contribution in [0.3, 0.4) is 0 Å². The third-order valence-electron chi connectivity index (χ3n) is 6.14. The number of aromatic hydroxyl groups is 2. The van der Waals surface area contributed by atoms with Crippen LogP contribution in [0.4, 0.5) is 0 Å². The van der Waals surface area contributed by atoms with Crippen molar-refractivity contribution in [1.29, 1.82) is 0 Å². The largest absolute Gasteiger partial charge is 0.508 e. The van der Waals surface area contributed by atoms with Crippen molar-refractivity contribution in [3.63, 3.8) is 0 Å². The molecule has 1 heterocycles. The SMILES string of the molecule is COC(=O)CC(c1cc(OC)c(OC)cc1OC)c1c(O)cc(C)n(CCc2ccc(O)cc2)c1=O. The van der Waals surface area contributed by atoms with E-state index in [0.717, 1.165) is 5.56 Å². The standard InChI is InChI=1S/C27H31NO8/c1-16-12-21(30)26(27(32)28(16)11-10-17-6-8-18(29)9-7-17)20(14-25(31)36-5)19-13-23(34-3)24(35-4)15-22(19)33-2/h6-9,12-13,15,20,29-30H,10-11,14H2,1-5H3. The third kappa shape index (κ3) is 5.56. The maximum absolute atomic E-state index is 13.8. The van der Waals surface area contributed by atoms with Crippen molar-refractivity contribution in [3.05, 3.63) is 75.2 Å². The van der Waals surface area contributed by atoms with Crippen LogP contribution in [0.25, 0.3) is 0 Å². The zero-order chi connectivity index (χ0) is 26.4. The third-order valence-corrected chi connectivity index (χ3v) is 6.14. The lowest BCUT2D eigenvalue weighted by Crippen LogP contribution is -2.29. The minimum Gasteiger partial charge on any atom is -0.508 e. The number of rotatable bonds is 10. The van der Waals surface area contributed by atoms with Crippen molar-refractivity contribution >= 4 is 5.97 Å². The van der Waals surface area contributed by atoms with Crippen molar-refractivity contribution in [2.45, 2.75) is 32.2 Å². The first-order valence-corrected chi connectivity index (χ1v) is 11.3. The lowest BCUT2D eigenvalue weighted by Gasteiger charge is -2.23. The van der Waals surface area contributed by atoms with Crippen molar-refractivity contribution < 1.29 is 34.0 Å². The minimum absolute atomic E-state index is 0.0437. The molecule has 9 nitrogen and oxygen atoms in total. The number of hydrogen-bond acceptors (Lipinski definition) is 8. The van der Waals surface area contributed by atoms with E-state index in [1.54, 1.807) is 47.9 Å². The molecule has 192 valence electrons. The van der Waals surface area contributed by atoms with Gasteiger partial charge in [-0.1, -0.05) is 12.1 Å². The van der Waals surface area contributed by atoms with Crippen molar-refractivity contribution in [2.75, 3.05) is 28.4 Å². The van der Waals surface area contributed by atoms with E-state index < -0.39 is 17.4 Å². The average molecular weight is 498 g/mol. The lowest BCUT2D eigenvalue weighted by molar-refractivity contribution is -0.140. The van der Waals surface area contributed by atoms with E-state index in [0.29, 0.717) is 41.5 Å². The van der Waals surface area contributed by atoms with E-state index in [2.05, 4.69) is 0 Å². The van der Waals surface area contributed by atoms with Crippen LogP contribution < -0.4 is 19.8 Å². The van der Waals surface area contributed by atoms with E-state index in [1.807, 2.05) is 0 Å². The molecule has 3 rings (SSSR count). The van der Waals surface area contributed by atoms with Crippen LogP contribution in [0.2, 0.25) is 0 Å². The highest BCUT2D eigenvalue weighted by Gasteiger charge is 2.30. The van der Waals surface area contributed by atoms with E-state index >= 15 is 0 Å². The van der Waals surface area contributed by atoms with Gasteiger partial charge in [0.25, 0.3) is 5.56 Å². The summed E-state index contributed by atoms with van der Waals surface area (Å²) in [5.74, 6) is -0.377. The van der Waals surface area contributed by atoms with Crippen LogP contribution in [0.5, 0.6) is 28.7 Å². The van der Waals surface area contributed by atoms with E-state index in [1.165, 1.54) is 34.5 Å². The Morgan fingerprint density at radius 2 is 1.53 bits per heavy atom. The van der Waals surface area contributed by atoms with Gasteiger partial charge in [0, 0.05) is 29.8 Å². The molecule has 0 bridgehead atoms. The highest BCUT2D eigenvalue weighted by atomic mass is 16.5. The Morgan fingerprint density at radius 1 is 0.917 bits per heavy atom. The predicted molar refractivity (Wildman–Crippen MR) is 133 cm³/mol. The van der Waals surface area contributed by atoms with Gasteiger partial charge < -0.3 is 33.7 Å². The summed E-state index contributed by atoms with van der Waals surface area (Å²) in [6.45, 7) is 2.06. The summed E-state index contributed by atoms with van der Waals surface area (Å²) in [5.41, 5.74) is 1.57. The van der Waals surface area contributed by atoms with Crippen LogP contribution in [-0.2, 0) is 22.5 Å². The van der Waals surface area contributed by atoms with Crippen molar-refractivity contribution in [2.24, 2.45) is 0 Å². The second kappa shape index (κ2) is 11.5. The normalized spacial score (nSPS) is 11.6. The first-order valence-electron chi connectivity index (χ1n) is 11.3. The number of phenols is 1. The zero-order valence-electron chi connectivity index (χ0n) is 21.0. The first kappa shape index (κ1) is 26.5. The van der Waals surface area contributed by atoms with Gasteiger partial charge in [0.15, 0.2) is 11.5 Å². The van der Waals surface area contributed by atoms with E-state index in [-0.39, 0.29) is 23.5 Å². The highest BCUT2D eigenvalue weighted by Crippen LogP contribution is 2.42. The number of nitrogens with zero attached hydrogens (tertiary/aromatic N) is 1.